The van der Waals surface area contributed by atoms with Gasteiger partial charge < -0.3 is 9.94 Å². The highest BCUT2D eigenvalue weighted by Crippen LogP contribution is 2.37. The van der Waals surface area contributed by atoms with Gasteiger partial charge in [0.1, 0.15) is 11.5 Å². The average molecular weight is 361 g/mol. The van der Waals surface area contributed by atoms with Gasteiger partial charge in [-0.3, -0.25) is 10.1 Å². The van der Waals surface area contributed by atoms with E-state index in [2.05, 4.69) is 5.16 Å². The second kappa shape index (κ2) is 6.75. The summed E-state index contributed by atoms with van der Waals surface area (Å²) in [7, 11) is 0. The molecule has 0 aliphatic heterocycles. The first kappa shape index (κ1) is 17.5. The molecule has 0 bridgehead atoms. The monoisotopic (exact) mass is 360 g/mol. The van der Waals surface area contributed by atoms with Crippen LogP contribution >= 0.6 is 11.6 Å². The van der Waals surface area contributed by atoms with Gasteiger partial charge in [-0.15, -0.1) is 0 Å². The Balaban J connectivity index is 2.35. The fourth-order valence-corrected chi connectivity index (χ4v) is 2.03. The molecule has 1 N–H and O–H groups in total. The number of nitrogens with zero attached hydrogens (tertiary/aromatic N) is 2. The number of rotatable bonds is 4. The van der Waals surface area contributed by atoms with Crippen LogP contribution in [-0.2, 0) is 6.18 Å². The third-order valence-corrected chi connectivity index (χ3v) is 3.17. The van der Waals surface area contributed by atoms with E-state index in [-0.39, 0.29) is 27.8 Å². The highest BCUT2D eigenvalue weighted by Gasteiger charge is 2.31. The number of hydrogen-bond acceptors (Lipinski definition) is 5. The van der Waals surface area contributed by atoms with E-state index in [1.165, 1.54) is 12.1 Å². The largest absolute Gasteiger partial charge is 0.456 e. The molecule has 6 nitrogen and oxygen atoms in total. The molecule has 0 aliphatic rings. The minimum Gasteiger partial charge on any atom is -0.456 e. The summed E-state index contributed by atoms with van der Waals surface area (Å²) in [6.07, 6.45) is -3.71. The van der Waals surface area contributed by atoms with E-state index in [1.54, 1.807) is 0 Å². The molecule has 24 heavy (non-hydrogen) atoms. The first-order valence-corrected chi connectivity index (χ1v) is 6.60. The summed E-state index contributed by atoms with van der Waals surface area (Å²) in [5, 5.41) is 21.8. The molecule has 0 atom stereocenters. The lowest BCUT2D eigenvalue weighted by Gasteiger charge is -2.11. The maximum atomic E-state index is 12.6. The number of oxime groups is 1. The SMILES string of the molecule is O=[N+]([O-])c1ccc(Oc2ccc(C(F)(F)F)cc2Cl)cc1/C=N/O. The van der Waals surface area contributed by atoms with Crippen molar-refractivity contribution in [1.29, 1.82) is 0 Å². The number of halogens is 4. The van der Waals surface area contributed by atoms with Gasteiger partial charge in [-0.05, 0) is 30.3 Å². The smallest absolute Gasteiger partial charge is 0.416 e. The zero-order chi connectivity index (χ0) is 17.9. The highest BCUT2D eigenvalue weighted by atomic mass is 35.5. The molecule has 0 unspecified atom stereocenters. The van der Waals surface area contributed by atoms with Crippen LogP contribution in [0.5, 0.6) is 11.5 Å². The lowest BCUT2D eigenvalue weighted by molar-refractivity contribution is -0.385. The lowest BCUT2D eigenvalue weighted by atomic mass is 10.2. The van der Waals surface area contributed by atoms with Crippen molar-refractivity contribution in [1.82, 2.24) is 0 Å². The molecule has 0 radical (unpaired) electrons. The van der Waals surface area contributed by atoms with Crippen molar-refractivity contribution < 1.29 is 28.0 Å². The molecule has 126 valence electrons. The van der Waals surface area contributed by atoms with Crippen LogP contribution < -0.4 is 4.74 Å². The molecule has 2 aromatic carbocycles. The first-order valence-electron chi connectivity index (χ1n) is 6.23. The minimum absolute atomic E-state index is 0.0527. The van der Waals surface area contributed by atoms with E-state index in [4.69, 9.17) is 21.5 Å². The molecule has 2 rings (SSSR count). The van der Waals surface area contributed by atoms with Crippen molar-refractivity contribution in [3.05, 3.63) is 62.7 Å². The summed E-state index contributed by atoms with van der Waals surface area (Å²) >= 11 is 5.77. The molecule has 10 heteroatoms. The Bertz CT molecular complexity index is 809. The molecule has 0 amide bonds. The van der Waals surface area contributed by atoms with E-state index in [0.717, 1.165) is 24.4 Å². The normalized spacial score (nSPS) is 11.7. The molecule has 2 aromatic rings. The third kappa shape index (κ3) is 3.93. The summed E-state index contributed by atoms with van der Waals surface area (Å²) in [6.45, 7) is 0. The zero-order valence-electron chi connectivity index (χ0n) is 11.6. The molecule has 0 saturated heterocycles. The van der Waals surface area contributed by atoms with Crippen LogP contribution in [0.25, 0.3) is 0 Å². The second-order valence-corrected chi connectivity index (χ2v) is 4.87. The summed E-state index contributed by atoms with van der Waals surface area (Å²) in [5.74, 6) is 0.00238. The van der Waals surface area contributed by atoms with Crippen molar-refractivity contribution in [2.75, 3.05) is 0 Å². The molecule has 0 spiro atoms. The second-order valence-electron chi connectivity index (χ2n) is 4.47. The summed E-state index contributed by atoms with van der Waals surface area (Å²) in [5.41, 5.74) is -1.32. The van der Waals surface area contributed by atoms with E-state index in [9.17, 15) is 23.3 Å². The fraction of sp³-hybridized carbons (Fsp3) is 0.0714. The van der Waals surface area contributed by atoms with Crippen LogP contribution in [-0.4, -0.2) is 16.3 Å². The Labute approximate surface area is 137 Å². The van der Waals surface area contributed by atoms with Crippen LogP contribution in [0.15, 0.2) is 41.6 Å². The van der Waals surface area contributed by atoms with E-state index < -0.39 is 16.7 Å². The fourth-order valence-electron chi connectivity index (χ4n) is 1.81. The van der Waals surface area contributed by atoms with Gasteiger partial charge >= 0.3 is 6.18 Å². The molecule has 0 heterocycles. The minimum atomic E-state index is -4.54. The van der Waals surface area contributed by atoms with Crippen molar-refractivity contribution >= 4 is 23.5 Å². The number of benzene rings is 2. The Morgan fingerprint density at radius 1 is 1.25 bits per heavy atom. The molecule has 0 aromatic heterocycles. The van der Waals surface area contributed by atoms with Gasteiger partial charge in [0.25, 0.3) is 5.69 Å². The summed E-state index contributed by atoms with van der Waals surface area (Å²) in [6, 6.07) is 6.06. The Hall–Kier alpha value is -2.81. The van der Waals surface area contributed by atoms with Crippen molar-refractivity contribution in [2.45, 2.75) is 6.18 Å². The summed E-state index contributed by atoms with van der Waals surface area (Å²) < 4.78 is 43.1. The predicted molar refractivity (Wildman–Crippen MR) is 79.0 cm³/mol. The van der Waals surface area contributed by atoms with E-state index in [1.807, 2.05) is 0 Å². The Morgan fingerprint density at radius 3 is 2.50 bits per heavy atom. The maximum absolute atomic E-state index is 12.6. The van der Waals surface area contributed by atoms with Gasteiger partial charge in [0, 0.05) is 6.07 Å². The number of hydrogen-bond donors (Lipinski definition) is 1. The van der Waals surface area contributed by atoms with Gasteiger partial charge in [-0.1, -0.05) is 16.8 Å². The van der Waals surface area contributed by atoms with Crippen LogP contribution in [0.1, 0.15) is 11.1 Å². The van der Waals surface area contributed by atoms with Gasteiger partial charge in [0.15, 0.2) is 0 Å². The Morgan fingerprint density at radius 2 is 1.96 bits per heavy atom. The summed E-state index contributed by atoms with van der Waals surface area (Å²) in [4.78, 5) is 10.2. The Kier molecular flexibility index (Phi) is 4.93. The van der Waals surface area contributed by atoms with Gasteiger partial charge in [-0.2, -0.15) is 13.2 Å². The van der Waals surface area contributed by atoms with Crippen LogP contribution in [0, 0.1) is 10.1 Å². The van der Waals surface area contributed by atoms with Gasteiger partial charge in [0.05, 0.1) is 27.3 Å². The number of nitro benzene ring substituents is 1. The molecule has 0 aliphatic carbocycles. The molecular weight excluding hydrogens is 353 g/mol. The van der Waals surface area contributed by atoms with Crippen molar-refractivity contribution in [3.63, 3.8) is 0 Å². The first-order chi connectivity index (χ1) is 11.2. The van der Waals surface area contributed by atoms with Gasteiger partial charge in [0.2, 0.25) is 0 Å². The lowest BCUT2D eigenvalue weighted by Crippen LogP contribution is -2.04. The average Bonchev–Trinajstić information content (AvgIpc) is 2.48. The number of alkyl halides is 3. The molecular formula is C14H8ClF3N2O4. The number of ether oxygens (including phenoxy) is 1. The van der Waals surface area contributed by atoms with Crippen LogP contribution in [0.2, 0.25) is 5.02 Å². The standard InChI is InChI=1S/C14H8ClF3N2O4/c15-11-6-9(14(16,17)18)1-4-13(11)24-10-2-3-12(20(22)23)8(5-10)7-19-21/h1-7,21H/b19-7+. The predicted octanol–water partition coefficient (Wildman–Crippen LogP) is 4.87. The van der Waals surface area contributed by atoms with E-state index in [0.29, 0.717) is 6.07 Å². The van der Waals surface area contributed by atoms with Gasteiger partial charge in [-0.25, -0.2) is 0 Å². The van der Waals surface area contributed by atoms with Crippen LogP contribution in [0.4, 0.5) is 18.9 Å². The molecule has 0 saturated carbocycles. The zero-order valence-corrected chi connectivity index (χ0v) is 12.4. The topological polar surface area (TPSA) is 85.0 Å². The van der Waals surface area contributed by atoms with E-state index >= 15 is 0 Å². The van der Waals surface area contributed by atoms with Crippen molar-refractivity contribution in [3.8, 4) is 11.5 Å². The highest BCUT2D eigenvalue weighted by molar-refractivity contribution is 6.32. The van der Waals surface area contributed by atoms with Crippen molar-refractivity contribution in [2.24, 2.45) is 5.16 Å². The maximum Gasteiger partial charge on any atom is 0.416 e. The third-order valence-electron chi connectivity index (χ3n) is 2.88. The quantitative estimate of drug-likeness (QED) is 0.365. The molecule has 0 fully saturated rings. The number of nitro groups is 1. The van der Waals surface area contributed by atoms with Crippen LogP contribution in [0.3, 0.4) is 0 Å².